The summed E-state index contributed by atoms with van der Waals surface area (Å²) < 4.78 is 22.9. The third-order valence-electron chi connectivity index (χ3n) is 11.1. The fourth-order valence-corrected chi connectivity index (χ4v) is 8.09. The molecule has 0 aromatic rings. The van der Waals surface area contributed by atoms with Crippen LogP contribution in [0.25, 0.3) is 0 Å². The molecule has 0 saturated heterocycles. The van der Waals surface area contributed by atoms with Gasteiger partial charge in [0.15, 0.2) is 0 Å². The molecule has 0 spiro atoms. The van der Waals surface area contributed by atoms with Crippen molar-refractivity contribution in [3.8, 4) is 0 Å². The number of allylic oxidation sites excluding steroid dienone is 9. The van der Waals surface area contributed by atoms with E-state index in [-0.39, 0.29) is 6.42 Å². The average Bonchev–Trinajstić information content (AvgIpc) is 3.24. The van der Waals surface area contributed by atoms with Crippen LogP contribution in [0.5, 0.6) is 0 Å². The Kier molecular flexibility index (Phi) is 34.9. The predicted molar refractivity (Wildman–Crippen MR) is 247 cm³/mol. The highest BCUT2D eigenvalue weighted by Gasteiger charge is 2.51. The van der Waals surface area contributed by atoms with Gasteiger partial charge in [-0.1, -0.05) is 152 Å². The van der Waals surface area contributed by atoms with Crippen molar-refractivity contribution < 1.29 is 59.0 Å². The Morgan fingerprint density at radius 1 is 0.581 bits per heavy atom. The molecular weight excluding hydrogens is 813 g/mol. The minimum Gasteiger partial charge on any atom is -0.393 e. The molecule has 0 aliphatic heterocycles. The highest BCUT2D eigenvalue weighted by molar-refractivity contribution is 7.47. The molecule has 1 rings (SSSR count). The number of amides is 1. The molecule has 0 aromatic heterocycles. The molecule has 360 valence electrons. The molecule has 8 atom stereocenters. The average molecular weight is 900 g/mol. The van der Waals surface area contributed by atoms with Crippen LogP contribution < -0.4 is 5.32 Å². The van der Waals surface area contributed by atoms with E-state index >= 15 is 0 Å². The van der Waals surface area contributed by atoms with Crippen molar-refractivity contribution in [3.05, 3.63) is 60.8 Å². The smallest absolute Gasteiger partial charge is 0.393 e. The van der Waals surface area contributed by atoms with Crippen molar-refractivity contribution in [2.45, 2.75) is 229 Å². The van der Waals surface area contributed by atoms with Gasteiger partial charge in [-0.2, -0.15) is 0 Å². The lowest BCUT2D eigenvalue weighted by molar-refractivity contribution is -0.220. The Labute approximate surface area is 373 Å². The number of aliphatic hydroxyl groups excluding tert-OH is 7. The second kappa shape index (κ2) is 37.2. The topological polar surface area (TPSA) is 226 Å². The van der Waals surface area contributed by atoms with E-state index in [9.17, 15) is 50.0 Å². The molecule has 62 heavy (non-hydrogen) atoms. The number of rotatable bonds is 38. The number of phosphoric ester groups is 1. The van der Waals surface area contributed by atoms with Crippen molar-refractivity contribution >= 4 is 13.7 Å². The first kappa shape index (κ1) is 58.0. The van der Waals surface area contributed by atoms with Crippen LogP contribution in [-0.4, -0.2) is 108 Å². The Morgan fingerprint density at radius 2 is 1.00 bits per heavy atom. The number of hydrogen-bond donors (Lipinski definition) is 9. The molecule has 1 aliphatic carbocycles. The van der Waals surface area contributed by atoms with Gasteiger partial charge in [-0.05, 0) is 77.0 Å². The fourth-order valence-electron chi connectivity index (χ4n) is 7.12. The first-order valence-electron chi connectivity index (χ1n) is 23.8. The monoisotopic (exact) mass is 900 g/mol. The summed E-state index contributed by atoms with van der Waals surface area (Å²) in [7, 11) is -5.16. The number of aliphatic hydroxyl groups is 7. The van der Waals surface area contributed by atoms with Crippen molar-refractivity contribution in [2.75, 3.05) is 6.61 Å². The van der Waals surface area contributed by atoms with Gasteiger partial charge in [-0.15, -0.1) is 0 Å². The summed E-state index contributed by atoms with van der Waals surface area (Å²) in [5, 5.41) is 74.5. The molecule has 1 fully saturated rings. The Bertz CT molecular complexity index is 1290. The minimum atomic E-state index is -5.16. The summed E-state index contributed by atoms with van der Waals surface area (Å²) in [5.41, 5.74) is 0. The van der Waals surface area contributed by atoms with Crippen molar-refractivity contribution in [3.63, 3.8) is 0 Å². The zero-order valence-electron chi connectivity index (χ0n) is 38.0. The van der Waals surface area contributed by atoms with Crippen LogP contribution in [-0.2, 0) is 18.4 Å². The normalized spacial score (nSPS) is 23.6. The molecule has 0 radical (unpaired) electrons. The number of phosphoric acid groups is 1. The lowest BCUT2D eigenvalue weighted by Gasteiger charge is -2.41. The minimum absolute atomic E-state index is 0.268. The third kappa shape index (κ3) is 28.7. The second-order valence-corrected chi connectivity index (χ2v) is 18.2. The van der Waals surface area contributed by atoms with Crippen LogP contribution in [0.15, 0.2) is 60.8 Å². The first-order chi connectivity index (χ1) is 29.8. The van der Waals surface area contributed by atoms with Crippen LogP contribution in [0, 0.1) is 0 Å². The SMILES string of the molecule is CCCCC/C=C\C/C=C\CCCCCCCC(O)CC(=O)NC(COP(=O)(O)OC1C(O)C(O)C(O)C(O)C1O)C(O)/C=C/CC/C=C/CC/C=C/CCCCCCCCC. The van der Waals surface area contributed by atoms with Crippen LogP contribution in [0.2, 0.25) is 0 Å². The van der Waals surface area contributed by atoms with E-state index < -0.39 is 75.2 Å². The third-order valence-corrected chi connectivity index (χ3v) is 12.0. The molecular formula is C48H86NO12P. The highest BCUT2D eigenvalue weighted by atomic mass is 31.2. The van der Waals surface area contributed by atoms with E-state index in [2.05, 4.69) is 67.8 Å². The van der Waals surface area contributed by atoms with Gasteiger partial charge >= 0.3 is 7.82 Å². The van der Waals surface area contributed by atoms with Gasteiger partial charge in [-0.25, -0.2) is 4.57 Å². The predicted octanol–water partition coefficient (Wildman–Crippen LogP) is 8.09. The number of unbranched alkanes of at least 4 members (excludes halogenated alkanes) is 17. The molecule has 0 bridgehead atoms. The Hall–Kier alpha value is -2.00. The Morgan fingerprint density at radius 3 is 1.55 bits per heavy atom. The van der Waals surface area contributed by atoms with E-state index in [0.717, 1.165) is 70.6 Å². The lowest BCUT2D eigenvalue weighted by atomic mass is 9.85. The van der Waals surface area contributed by atoms with Gasteiger partial charge in [0, 0.05) is 0 Å². The van der Waals surface area contributed by atoms with E-state index in [1.165, 1.54) is 70.3 Å². The second-order valence-electron chi connectivity index (χ2n) is 16.8. The molecule has 1 aliphatic rings. The van der Waals surface area contributed by atoms with Crippen LogP contribution in [0.4, 0.5) is 0 Å². The fraction of sp³-hybridized carbons (Fsp3) is 0.771. The van der Waals surface area contributed by atoms with Crippen molar-refractivity contribution in [2.24, 2.45) is 0 Å². The standard InChI is InChI=1S/C48H86NO12P/c1-3-5-7-9-11-13-15-17-19-20-22-24-26-28-30-32-34-36-41(51)40(38-60-62(58,59)61-48-46(56)44(54)43(53)45(55)47(48)57)49-42(52)37-39(50)35-33-31-29-27-25-23-21-18-16-14-12-10-8-6-4-2/h12,14,18-21,26,28,34,36,39-41,43-48,50-51,53-57H,3-11,13,15-17,22-25,27,29-33,35,37-38H2,1-2H3,(H,49,52)(H,58,59)/b14-12-,20-19+,21-18-,28-26+,36-34+. The van der Waals surface area contributed by atoms with Crippen molar-refractivity contribution in [1.29, 1.82) is 0 Å². The van der Waals surface area contributed by atoms with E-state index in [0.29, 0.717) is 19.3 Å². The number of carbonyl (C=O) groups is 1. The molecule has 14 heteroatoms. The van der Waals surface area contributed by atoms with E-state index in [1.54, 1.807) is 6.08 Å². The summed E-state index contributed by atoms with van der Waals surface area (Å²) in [4.78, 5) is 23.4. The highest BCUT2D eigenvalue weighted by Crippen LogP contribution is 2.47. The maximum Gasteiger partial charge on any atom is 0.472 e. The molecule has 1 amide bonds. The Balaban J connectivity index is 2.60. The van der Waals surface area contributed by atoms with Crippen LogP contribution in [0.1, 0.15) is 174 Å². The van der Waals surface area contributed by atoms with Crippen molar-refractivity contribution in [1.82, 2.24) is 5.32 Å². The summed E-state index contributed by atoms with van der Waals surface area (Å²) in [6.07, 6.45) is 31.6. The molecule has 1 saturated carbocycles. The van der Waals surface area contributed by atoms with Gasteiger partial charge in [0.1, 0.15) is 36.6 Å². The van der Waals surface area contributed by atoms with Gasteiger partial charge in [0.25, 0.3) is 0 Å². The molecule has 9 N–H and O–H groups in total. The van der Waals surface area contributed by atoms with E-state index in [1.807, 2.05) is 0 Å². The number of carbonyl (C=O) groups excluding carboxylic acids is 1. The quantitative estimate of drug-likeness (QED) is 0.0163. The zero-order valence-corrected chi connectivity index (χ0v) is 38.9. The number of hydrogen-bond acceptors (Lipinski definition) is 11. The molecule has 8 unspecified atom stereocenters. The maximum absolute atomic E-state index is 13.0. The van der Waals surface area contributed by atoms with Crippen LogP contribution in [0.3, 0.4) is 0 Å². The van der Waals surface area contributed by atoms with Gasteiger partial charge in [0.05, 0.1) is 31.3 Å². The zero-order chi connectivity index (χ0) is 45.9. The molecule has 13 nitrogen and oxygen atoms in total. The summed E-state index contributed by atoms with van der Waals surface area (Å²) in [6.45, 7) is 3.68. The van der Waals surface area contributed by atoms with E-state index in [4.69, 9.17) is 9.05 Å². The molecule has 0 heterocycles. The molecule has 0 aromatic carbocycles. The number of nitrogens with one attached hydrogen (secondary N) is 1. The summed E-state index contributed by atoms with van der Waals surface area (Å²) in [5.74, 6) is -0.618. The maximum atomic E-state index is 13.0. The largest absolute Gasteiger partial charge is 0.472 e. The first-order valence-corrected chi connectivity index (χ1v) is 25.3. The van der Waals surface area contributed by atoms with Crippen LogP contribution >= 0.6 is 7.82 Å². The van der Waals surface area contributed by atoms with Gasteiger partial charge < -0.3 is 46.0 Å². The van der Waals surface area contributed by atoms with Gasteiger partial charge in [0.2, 0.25) is 5.91 Å². The van der Waals surface area contributed by atoms with Gasteiger partial charge in [-0.3, -0.25) is 13.8 Å². The summed E-state index contributed by atoms with van der Waals surface area (Å²) in [6, 6.07) is -1.27. The summed E-state index contributed by atoms with van der Waals surface area (Å²) >= 11 is 0. The lowest BCUT2D eigenvalue weighted by Crippen LogP contribution is -2.64.